The van der Waals surface area contributed by atoms with E-state index in [1.54, 1.807) is 0 Å². The topological polar surface area (TPSA) is 49.6 Å². The summed E-state index contributed by atoms with van der Waals surface area (Å²) in [6.45, 7) is 0.864. The highest BCUT2D eigenvalue weighted by atomic mass is 35.5. The van der Waals surface area contributed by atoms with E-state index >= 15 is 0 Å². The molecule has 0 bridgehead atoms. The molecule has 0 aliphatic rings. The number of nitrogens with zero attached hydrogens (tertiary/aromatic N) is 3. The first-order valence-corrected chi connectivity index (χ1v) is 5.58. The van der Waals surface area contributed by atoms with Crippen LogP contribution < -0.4 is 33.9 Å². The largest absolute Gasteiger partial charge is 1.00 e. The lowest BCUT2D eigenvalue weighted by Crippen LogP contribution is -3.00. The maximum absolute atomic E-state index is 8.56. The minimum Gasteiger partial charge on any atom is -1.00 e. The molecular weight excluding hydrogens is 301 g/mol. The van der Waals surface area contributed by atoms with E-state index in [0.717, 1.165) is 5.69 Å². The SMILES string of the molecule is O/N=C/c1cccc[n+]1COC[n+]1ccccc1.[Cl-].[Cl-]. The number of oxime groups is 1. The zero-order valence-corrected chi connectivity index (χ0v) is 12.2. The first-order chi connectivity index (χ1) is 8.90. The average molecular weight is 316 g/mol. The Kier molecular flexibility index (Phi) is 9.28. The molecule has 0 radical (unpaired) electrons. The maximum Gasteiger partial charge on any atom is 0.258 e. The molecule has 0 atom stereocenters. The Morgan fingerprint density at radius 2 is 1.70 bits per heavy atom. The Labute approximate surface area is 130 Å². The predicted octanol–water partition coefficient (Wildman–Crippen LogP) is -5.29. The molecule has 0 saturated carbocycles. The third-order valence-corrected chi connectivity index (χ3v) is 2.41. The fourth-order valence-electron chi connectivity index (χ4n) is 1.55. The quantitative estimate of drug-likeness (QED) is 0.259. The Morgan fingerprint density at radius 1 is 1.00 bits per heavy atom. The molecule has 2 rings (SSSR count). The number of halogens is 2. The van der Waals surface area contributed by atoms with Gasteiger partial charge in [0.25, 0.3) is 13.5 Å². The van der Waals surface area contributed by atoms with Gasteiger partial charge < -0.3 is 30.0 Å². The van der Waals surface area contributed by atoms with Crippen LogP contribution in [-0.4, -0.2) is 11.4 Å². The number of ether oxygens (including phenoxy) is 1. The van der Waals surface area contributed by atoms with Gasteiger partial charge in [0, 0.05) is 24.3 Å². The van der Waals surface area contributed by atoms with Gasteiger partial charge in [0.2, 0.25) is 5.69 Å². The van der Waals surface area contributed by atoms with Gasteiger partial charge in [-0.2, -0.15) is 9.13 Å². The molecule has 2 aromatic heterocycles. The number of pyridine rings is 2. The minimum atomic E-state index is 0. The number of rotatable bonds is 5. The molecule has 0 saturated heterocycles. The van der Waals surface area contributed by atoms with E-state index in [0.29, 0.717) is 13.5 Å². The van der Waals surface area contributed by atoms with Crippen LogP contribution in [0.2, 0.25) is 0 Å². The Bertz CT molecular complexity index is 524. The molecule has 20 heavy (non-hydrogen) atoms. The summed E-state index contributed by atoms with van der Waals surface area (Å²) < 4.78 is 9.36. The van der Waals surface area contributed by atoms with Gasteiger partial charge in [-0.15, -0.1) is 0 Å². The molecule has 0 amide bonds. The summed E-state index contributed by atoms with van der Waals surface area (Å²) in [5.41, 5.74) is 0.776. The average Bonchev–Trinajstić information content (AvgIpc) is 2.42. The van der Waals surface area contributed by atoms with Crippen molar-refractivity contribution in [2.75, 3.05) is 0 Å². The first kappa shape index (κ1) is 18.3. The van der Waals surface area contributed by atoms with E-state index in [2.05, 4.69) is 5.16 Å². The summed E-state index contributed by atoms with van der Waals surface area (Å²) in [6, 6.07) is 11.5. The third kappa shape index (κ3) is 5.52. The van der Waals surface area contributed by atoms with E-state index in [9.17, 15) is 0 Å². The van der Waals surface area contributed by atoms with Crippen molar-refractivity contribution in [3.05, 3.63) is 60.7 Å². The van der Waals surface area contributed by atoms with Crippen LogP contribution in [0.1, 0.15) is 5.69 Å². The van der Waals surface area contributed by atoms with Crippen LogP contribution in [0.25, 0.3) is 0 Å². The molecule has 2 aromatic rings. The van der Waals surface area contributed by atoms with Gasteiger partial charge in [0.05, 0.1) is 0 Å². The van der Waals surface area contributed by atoms with Crippen LogP contribution in [0, 0.1) is 0 Å². The van der Waals surface area contributed by atoms with E-state index in [-0.39, 0.29) is 24.8 Å². The highest BCUT2D eigenvalue weighted by molar-refractivity contribution is 5.74. The van der Waals surface area contributed by atoms with E-state index in [1.807, 2.05) is 64.1 Å². The van der Waals surface area contributed by atoms with Gasteiger partial charge in [-0.05, 0) is 6.07 Å². The third-order valence-electron chi connectivity index (χ3n) is 2.41. The summed E-state index contributed by atoms with van der Waals surface area (Å²) in [5.74, 6) is 0. The number of hydrogen-bond acceptors (Lipinski definition) is 3. The summed E-state index contributed by atoms with van der Waals surface area (Å²) >= 11 is 0. The van der Waals surface area contributed by atoms with Crippen LogP contribution in [0.15, 0.2) is 60.1 Å². The molecule has 2 heterocycles. The number of aromatic nitrogens is 2. The van der Waals surface area contributed by atoms with Crippen molar-refractivity contribution in [3.8, 4) is 0 Å². The van der Waals surface area contributed by atoms with Crippen molar-refractivity contribution in [1.82, 2.24) is 0 Å². The molecule has 5 nitrogen and oxygen atoms in total. The van der Waals surface area contributed by atoms with Crippen molar-refractivity contribution < 1.29 is 43.9 Å². The molecule has 7 heteroatoms. The highest BCUT2D eigenvalue weighted by Gasteiger charge is 2.08. The maximum atomic E-state index is 8.56. The zero-order chi connectivity index (χ0) is 12.6. The molecule has 0 unspecified atom stereocenters. The lowest BCUT2D eigenvalue weighted by atomic mass is 10.3. The van der Waals surface area contributed by atoms with E-state index < -0.39 is 0 Å². The predicted molar refractivity (Wildman–Crippen MR) is 63.7 cm³/mol. The fraction of sp³-hybridized carbons (Fsp3) is 0.154. The van der Waals surface area contributed by atoms with E-state index in [1.165, 1.54) is 6.21 Å². The zero-order valence-electron chi connectivity index (χ0n) is 10.6. The molecular formula is C13H15Cl2N3O2. The van der Waals surface area contributed by atoms with Crippen LogP contribution in [0.3, 0.4) is 0 Å². The van der Waals surface area contributed by atoms with Crippen molar-refractivity contribution in [2.24, 2.45) is 5.16 Å². The van der Waals surface area contributed by atoms with Crippen LogP contribution >= 0.6 is 0 Å². The molecule has 0 aliphatic carbocycles. The van der Waals surface area contributed by atoms with Gasteiger partial charge in [-0.3, -0.25) is 4.74 Å². The van der Waals surface area contributed by atoms with Crippen molar-refractivity contribution in [3.63, 3.8) is 0 Å². The Hall–Kier alpha value is -1.69. The van der Waals surface area contributed by atoms with Crippen molar-refractivity contribution in [2.45, 2.75) is 13.5 Å². The van der Waals surface area contributed by atoms with Gasteiger partial charge in [-0.1, -0.05) is 11.2 Å². The van der Waals surface area contributed by atoms with Crippen molar-refractivity contribution in [1.29, 1.82) is 0 Å². The minimum absolute atomic E-state index is 0. The van der Waals surface area contributed by atoms with Crippen LogP contribution in [-0.2, 0) is 18.2 Å². The first-order valence-electron chi connectivity index (χ1n) is 5.58. The van der Waals surface area contributed by atoms with Crippen LogP contribution in [0.5, 0.6) is 0 Å². The Balaban J connectivity index is 0.00000180. The molecule has 0 spiro atoms. The lowest BCUT2D eigenvalue weighted by Gasteiger charge is -1.99. The highest BCUT2D eigenvalue weighted by Crippen LogP contribution is 1.88. The van der Waals surface area contributed by atoms with Gasteiger partial charge in [0.1, 0.15) is 6.21 Å². The summed E-state index contributed by atoms with van der Waals surface area (Å²) in [5, 5.41) is 11.6. The van der Waals surface area contributed by atoms with Gasteiger partial charge in [-0.25, -0.2) is 0 Å². The molecule has 0 fully saturated rings. The van der Waals surface area contributed by atoms with Crippen LogP contribution in [0.4, 0.5) is 0 Å². The fourth-order valence-corrected chi connectivity index (χ4v) is 1.55. The summed E-state index contributed by atoms with van der Waals surface area (Å²) in [7, 11) is 0. The van der Waals surface area contributed by atoms with Gasteiger partial charge in [0.15, 0.2) is 18.6 Å². The summed E-state index contributed by atoms with van der Waals surface area (Å²) in [4.78, 5) is 0. The molecule has 0 aliphatic heterocycles. The second-order valence-electron chi connectivity index (χ2n) is 3.69. The monoisotopic (exact) mass is 315 g/mol. The summed E-state index contributed by atoms with van der Waals surface area (Å²) in [6.07, 6.45) is 7.11. The second-order valence-corrected chi connectivity index (χ2v) is 3.69. The lowest BCUT2D eigenvalue weighted by molar-refractivity contribution is -0.788. The van der Waals surface area contributed by atoms with Crippen molar-refractivity contribution >= 4 is 6.21 Å². The second kappa shape index (κ2) is 10.1. The molecule has 108 valence electrons. The smallest absolute Gasteiger partial charge is 0.258 e. The number of hydrogen-bond donors (Lipinski definition) is 1. The Morgan fingerprint density at radius 3 is 2.40 bits per heavy atom. The normalized spacial score (nSPS) is 9.80. The standard InChI is InChI=1S/C13H14N3O2.2ClH/c17-14-10-13-6-2-5-9-16(13)12-18-11-15-7-3-1-4-8-15;;/h1-10H,11-12H2;2*1H/q+1;;/p-1. The van der Waals surface area contributed by atoms with Gasteiger partial charge >= 0.3 is 0 Å². The molecule has 0 aromatic carbocycles. The van der Waals surface area contributed by atoms with E-state index in [4.69, 9.17) is 9.94 Å². The molecule has 1 N–H and O–H groups in total.